The maximum absolute atomic E-state index is 10.7. The van der Waals surface area contributed by atoms with E-state index in [1.54, 1.807) is 18.3 Å². The number of nitrogens with zero attached hydrogens (tertiary/aromatic N) is 5. The number of nitro groups is 1. The Hall–Kier alpha value is -3.55. The number of anilines is 1. The molecule has 0 radical (unpaired) electrons. The first kappa shape index (κ1) is 19.2. The van der Waals surface area contributed by atoms with Crippen molar-refractivity contribution in [1.29, 1.82) is 0 Å². The van der Waals surface area contributed by atoms with E-state index in [-0.39, 0.29) is 11.1 Å². The first-order valence-electron chi connectivity index (χ1n) is 8.82. The number of benzene rings is 2. The maximum Gasteiger partial charge on any atom is 0.269 e. The number of aromatic nitrogens is 3. The summed E-state index contributed by atoms with van der Waals surface area (Å²) in [5.74, 6) is 0. The van der Waals surface area contributed by atoms with Crippen molar-refractivity contribution in [2.75, 3.05) is 5.43 Å². The molecule has 1 heterocycles. The third-order valence-electron chi connectivity index (χ3n) is 4.28. The summed E-state index contributed by atoms with van der Waals surface area (Å²) in [5.41, 5.74) is 7.29. The van der Waals surface area contributed by atoms with Crippen LogP contribution in [0.15, 0.2) is 59.8 Å². The van der Waals surface area contributed by atoms with E-state index in [1.807, 2.05) is 35.9 Å². The van der Waals surface area contributed by atoms with Gasteiger partial charge in [0.25, 0.3) is 5.69 Å². The summed E-state index contributed by atoms with van der Waals surface area (Å²) >= 11 is 0. The molecule has 8 nitrogen and oxygen atoms in total. The highest BCUT2D eigenvalue weighted by Crippen LogP contribution is 2.23. The average molecular weight is 378 g/mol. The fourth-order valence-corrected chi connectivity index (χ4v) is 2.65. The molecule has 0 spiro atoms. The molecule has 0 aliphatic carbocycles. The largest absolute Gasteiger partial charge is 0.278 e. The van der Waals surface area contributed by atoms with E-state index in [9.17, 15) is 10.1 Å². The number of hydrazone groups is 1. The van der Waals surface area contributed by atoms with Crippen LogP contribution in [0.2, 0.25) is 0 Å². The Morgan fingerprint density at radius 3 is 2.32 bits per heavy atom. The Labute approximate surface area is 163 Å². The summed E-state index contributed by atoms with van der Waals surface area (Å²) in [6, 6.07) is 14.0. The Morgan fingerprint density at radius 2 is 1.75 bits per heavy atom. The molecule has 144 valence electrons. The van der Waals surface area contributed by atoms with Crippen LogP contribution in [0.1, 0.15) is 39.0 Å². The van der Waals surface area contributed by atoms with E-state index < -0.39 is 4.92 Å². The first-order chi connectivity index (χ1) is 13.3. The van der Waals surface area contributed by atoms with Gasteiger partial charge in [0.05, 0.1) is 33.9 Å². The summed E-state index contributed by atoms with van der Waals surface area (Å²) in [6.07, 6.45) is 1.79. The predicted octanol–water partition coefficient (Wildman–Crippen LogP) is 4.31. The number of hydrogen-bond acceptors (Lipinski definition) is 6. The summed E-state index contributed by atoms with van der Waals surface area (Å²) < 4.78 is 1.84. The molecule has 1 aromatic heterocycles. The lowest BCUT2D eigenvalue weighted by Gasteiger charge is -2.19. The van der Waals surface area contributed by atoms with E-state index in [2.05, 4.69) is 41.6 Å². The third-order valence-corrected chi connectivity index (χ3v) is 4.28. The zero-order chi connectivity index (χ0) is 20.3. The molecule has 0 fully saturated rings. The number of hydrogen-bond donors (Lipinski definition) is 1. The van der Waals surface area contributed by atoms with Gasteiger partial charge in [0, 0.05) is 17.5 Å². The van der Waals surface area contributed by atoms with Crippen molar-refractivity contribution in [2.24, 2.45) is 5.10 Å². The van der Waals surface area contributed by atoms with Crippen LogP contribution in [-0.4, -0.2) is 25.6 Å². The summed E-state index contributed by atoms with van der Waals surface area (Å²) in [7, 11) is 0. The van der Waals surface area contributed by atoms with E-state index in [0.717, 1.165) is 22.7 Å². The van der Waals surface area contributed by atoms with Crippen LogP contribution in [0.3, 0.4) is 0 Å². The summed E-state index contributed by atoms with van der Waals surface area (Å²) in [5, 5.41) is 23.3. The quantitative estimate of drug-likeness (QED) is 0.405. The van der Waals surface area contributed by atoms with E-state index in [4.69, 9.17) is 0 Å². The molecule has 3 rings (SSSR count). The van der Waals surface area contributed by atoms with Crippen molar-refractivity contribution in [2.45, 2.75) is 33.1 Å². The van der Waals surface area contributed by atoms with Crippen molar-refractivity contribution in [3.63, 3.8) is 0 Å². The molecule has 3 aromatic rings. The van der Waals surface area contributed by atoms with Gasteiger partial charge < -0.3 is 0 Å². The highest BCUT2D eigenvalue weighted by molar-refractivity contribution is 5.99. The van der Waals surface area contributed by atoms with Gasteiger partial charge in [0.1, 0.15) is 0 Å². The van der Waals surface area contributed by atoms with E-state index in [0.29, 0.717) is 5.69 Å². The van der Waals surface area contributed by atoms with Gasteiger partial charge in [-0.3, -0.25) is 15.5 Å². The van der Waals surface area contributed by atoms with Crippen LogP contribution in [0, 0.1) is 10.1 Å². The minimum atomic E-state index is -0.431. The monoisotopic (exact) mass is 378 g/mol. The van der Waals surface area contributed by atoms with Crippen LogP contribution in [0.25, 0.3) is 5.69 Å². The molecule has 28 heavy (non-hydrogen) atoms. The van der Waals surface area contributed by atoms with Crippen molar-refractivity contribution in [1.82, 2.24) is 15.0 Å². The molecule has 0 atom stereocenters. The lowest BCUT2D eigenvalue weighted by atomic mass is 9.92. The molecule has 0 saturated carbocycles. The molecule has 0 unspecified atom stereocenters. The number of nitrogens with one attached hydrogen (secondary N) is 1. The summed E-state index contributed by atoms with van der Waals surface area (Å²) in [6.45, 7) is 8.26. The molecule has 0 aliphatic rings. The smallest absolute Gasteiger partial charge is 0.269 e. The Kier molecular flexibility index (Phi) is 5.21. The molecule has 0 aliphatic heterocycles. The van der Waals surface area contributed by atoms with Crippen LogP contribution in [-0.2, 0) is 5.41 Å². The lowest BCUT2D eigenvalue weighted by molar-refractivity contribution is -0.384. The van der Waals surface area contributed by atoms with Crippen LogP contribution in [0.5, 0.6) is 0 Å². The maximum atomic E-state index is 10.7. The minimum absolute atomic E-state index is 0.0459. The predicted molar refractivity (Wildman–Crippen MR) is 109 cm³/mol. The fourth-order valence-electron chi connectivity index (χ4n) is 2.65. The SMILES string of the molecule is CC(=NNc1ccc([N+](=O)[O-])cc1)c1ccc(-n2nncc2C(C)(C)C)cc1. The molecule has 8 heteroatoms. The van der Waals surface area contributed by atoms with Gasteiger partial charge in [-0.05, 0) is 36.8 Å². The third kappa shape index (κ3) is 4.22. The zero-order valence-corrected chi connectivity index (χ0v) is 16.2. The summed E-state index contributed by atoms with van der Waals surface area (Å²) in [4.78, 5) is 10.3. The topological polar surface area (TPSA) is 98.2 Å². The van der Waals surface area contributed by atoms with Crippen LogP contribution >= 0.6 is 0 Å². The highest BCUT2D eigenvalue weighted by atomic mass is 16.6. The highest BCUT2D eigenvalue weighted by Gasteiger charge is 2.20. The van der Waals surface area contributed by atoms with Crippen LogP contribution in [0.4, 0.5) is 11.4 Å². The van der Waals surface area contributed by atoms with Gasteiger partial charge >= 0.3 is 0 Å². The lowest BCUT2D eigenvalue weighted by Crippen LogP contribution is -2.17. The first-order valence-corrected chi connectivity index (χ1v) is 8.82. The second-order valence-corrected chi connectivity index (χ2v) is 7.44. The molecule has 2 aromatic carbocycles. The standard InChI is InChI=1S/C20H22N6O2/c1-14(22-23-16-7-11-18(12-8-16)26(27)28)15-5-9-17(10-6-15)25-19(13-21-24-25)20(2,3)4/h5-13,23H,1-4H3. The Morgan fingerprint density at radius 1 is 1.11 bits per heavy atom. The molecular weight excluding hydrogens is 356 g/mol. The average Bonchev–Trinajstić information content (AvgIpc) is 3.17. The van der Waals surface area contributed by atoms with Gasteiger partial charge in [-0.2, -0.15) is 5.10 Å². The second kappa shape index (κ2) is 7.59. The Bertz CT molecular complexity index is 998. The normalized spacial score (nSPS) is 12.1. The van der Waals surface area contributed by atoms with Gasteiger partial charge in [-0.1, -0.05) is 38.1 Å². The van der Waals surface area contributed by atoms with E-state index >= 15 is 0 Å². The van der Waals surface area contributed by atoms with Gasteiger partial charge in [-0.25, -0.2) is 4.68 Å². The molecule has 0 saturated heterocycles. The van der Waals surface area contributed by atoms with Crippen molar-refractivity contribution >= 4 is 17.1 Å². The molecular formula is C20H22N6O2. The molecule has 1 N–H and O–H groups in total. The van der Waals surface area contributed by atoms with Gasteiger partial charge in [0.15, 0.2) is 0 Å². The fraction of sp³-hybridized carbons (Fsp3) is 0.250. The minimum Gasteiger partial charge on any atom is -0.278 e. The van der Waals surface area contributed by atoms with Crippen molar-refractivity contribution in [3.8, 4) is 5.69 Å². The van der Waals surface area contributed by atoms with Gasteiger partial charge in [-0.15, -0.1) is 5.10 Å². The molecule has 0 bridgehead atoms. The van der Waals surface area contributed by atoms with Gasteiger partial charge in [0.2, 0.25) is 0 Å². The number of nitro benzene ring substituents is 1. The van der Waals surface area contributed by atoms with Crippen molar-refractivity contribution < 1.29 is 4.92 Å². The van der Waals surface area contributed by atoms with E-state index in [1.165, 1.54) is 12.1 Å². The number of rotatable bonds is 5. The van der Waals surface area contributed by atoms with Crippen molar-refractivity contribution in [3.05, 3.63) is 76.1 Å². The van der Waals surface area contributed by atoms with Crippen LogP contribution < -0.4 is 5.43 Å². The Balaban J connectivity index is 1.75. The second-order valence-electron chi connectivity index (χ2n) is 7.44. The zero-order valence-electron chi connectivity index (χ0n) is 16.2. The molecule has 0 amide bonds. The number of non-ortho nitro benzene ring substituents is 1.